The van der Waals surface area contributed by atoms with E-state index < -0.39 is 23.5 Å². The maximum absolute atomic E-state index is 12.5. The van der Waals surface area contributed by atoms with Crippen molar-refractivity contribution < 1.29 is 13.2 Å². The molecule has 0 radical (unpaired) electrons. The summed E-state index contributed by atoms with van der Waals surface area (Å²) in [5.41, 5.74) is -1.86. The van der Waals surface area contributed by atoms with E-state index in [1.807, 2.05) is 0 Å². The molecule has 1 aromatic heterocycles. The van der Waals surface area contributed by atoms with Gasteiger partial charge in [0.2, 0.25) is 0 Å². The molecule has 1 rings (SSSR count). The molecule has 0 aliphatic rings. The van der Waals surface area contributed by atoms with Crippen molar-refractivity contribution in [2.45, 2.75) is 12.3 Å². The lowest BCUT2D eigenvalue weighted by Crippen LogP contribution is -2.14. The van der Waals surface area contributed by atoms with Crippen LogP contribution >= 0.6 is 11.6 Å². The average Bonchev–Trinajstić information content (AvgIpc) is 2.02. The summed E-state index contributed by atoms with van der Waals surface area (Å²) in [4.78, 5) is 12.7. The summed E-state index contributed by atoms with van der Waals surface area (Å²) in [6, 6.07) is 0.587. The van der Waals surface area contributed by atoms with E-state index in [-0.39, 0.29) is 11.4 Å². The van der Waals surface area contributed by atoms with Crippen LogP contribution in [0.1, 0.15) is 17.7 Å². The minimum atomic E-state index is -2.93. The van der Waals surface area contributed by atoms with Crippen LogP contribution in [0.3, 0.4) is 0 Å². The molecule has 0 fully saturated rings. The summed E-state index contributed by atoms with van der Waals surface area (Å²) in [5.74, 6) is -1.45. The molecule has 0 atom stereocenters. The van der Waals surface area contributed by atoms with Gasteiger partial charge in [-0.05, 0) is 0 Å². The Kier molecular flexibility index (Phi) is 2.98. The molecule has 0 saturated heterocycles. The van der Waals surface area contributed by atoms with Crippen molar-refractivity contribution in [2.75, 3.05) is 0 Å². The zero-order chi connectivity index (χ0) is 10.0. The molecule has 0 unspecified atom stereocenters. The number of H-pyrrole nitrogens is 1. The van der Waals surface area contributed by atoms with Gasteiger partial charge in [-0.25, -0.2) is 8.78 Å². The first-order valence-corrected chi connectivity index (χ1v) is 3.85. The van der Waals surface area contributed by atoms with Gasteiger partial charge in [0.15, 0.2) is 11.4 Å². The Morgan fingerprint density at radius 1 is 1.54 bits per heavy atom. The van der Waals surface area contributed by atoms with E-state index in [2.05, 4.69) is 0 Å². The lowest BCUT2D eigenvalue weighted by Gasteiger charge is -2.04. The van der Waals surface area contributed by atoms with Crippen LogP contribution in [0.5, 0.6) is 0 Å². The smallest absolute Gasteiger partial charge is 0.278 e. The van der Waals surface area contributed by atoms with E-state index in [1.54, 1.807) is 4.98 Å². The Labute approximate surface area is 76.3 Å². The minimum absolute atomic E-state index is 0.293. The first kappa shape index (κ1) is 10.1. The number of nitrogens with one attached hydrogen (secondary N) is 1. The third kappa shape index (κ3) is 2.03. The van der Waals surface area contributed by atoms with Crippen molar-refractivity contribution in [1.82, 2.24) is 4.98 Å². The quantitative estimate of drug-likeness (QED) is 0.590. The van der Waals surface area contributed by atoms with Gasteiger partial charge in [-0.2, -0.15) is 4.39 Å². The van der Waals surface area contributed by atoms with Crippen LogP contribution in [-0.2, 0) is 5.88 Å². The van der Waals surface area contributed by atoms with E-state index in [0.29, 0.717) is 6.07 Å². The van der Waals surface area contributed by atoms with Crippen LogP contribution < -0.4 is 5.43 Å². The largest absolute Gasteiger partial charge is 0.330 e. The summed E-state index contributed by atoms with van der Waals surface area (Å²) in [5, 5.41) is 0. The normalized spacial score (nSPS) is 10.8. The van der Waals surface area contributed by atoms with Gasteiger partial charge in [-0.3, -0.25) is 4.79 Å². The maximum atomic E-state index is 12.5. The lowest BCUT2D eigenvalue weighted by atomic mass is 10.2. The lowest BCUT2D eigenvalue weighted by molar-refractivity contribution is 0.143. The number of pyridine rings is 1. The Bertz CT molecular complexity index is 363. The second-order valence-corrected chi connectivity index (χ2v) is 2.58. The molecule has 13 heavy (non-hydrogen) atoms. The van der Waals surface area contributed by atoms with E-state index in [4.69, 9.17) is 11.6 Å². The molecular weight excluding hydrogens is 207 g/mol. The molecule has 72 valence electrons. The Balaban J connectivity index is 3.38. The van der Waals surface area contributed by atoms with Crippen molar-refractivity contribution >= 4 is 11.6 Å². The first-order valence-electron chi connectivity index (χ1n) is 3.32. The van der Waals surface area contributed by atoms with Crippen molar-refractivity contribution in [1.29, 1.82) is 0 Å². The highest BCUT2D eigenvalue weighted by Crippen LogP contribution is 2.19. The van der Waals surface area contributed by atoms with Crippen LogP contribution in [0.2, 0.25) is 0 Å². The highest BCUT2D eigenvalue weighted by Gasteiger charge is 2.16. The molecule has 0 spiro atoms. The van der Waals surface area contributed by atoms with Crippen molar-refractivity contribution in [3.63, 3.8) is 0 Å². The Morgan fingerprint density at radius 2 is 2.15 bits per heavy atom. The number of rotatable bonds is 2. The number of alkyl halides is 3. The third-order valence-corrected chi connectivity index (χ3v) is 1.75. The summed E-state index contributed by atoms with van der Waals surface area (Å²) in [6.07, 6.45) is -2.93. The molecule has 0 aliphatic carbocycles. The SMILES string of the molecule is O=c1cc(F)[nH]c(C(F)F)c1CCl. The monoisotopic (exact) mass is 211 g/mol. The molecule has 0 saturated carbocycles. The number of hydrogen-bond donors (Lipinski definition) is 1. The predicted molar refractivity (Wildman–Crippen MR) is 41.5 cm³/mol. The fourth-order valence-corrected chi connectivity index (χ4v) is 1.17. The maximum Gasteiger partial charge on any atom is 0.278 e. The van der Waals surface area contributed by atoms with Gasteiger partial charge in [-0.15, -0.1) is 11.6 Å². The van der Waals surface area contributed by atoms with Crippen LogP contribution in [0, 0.1) is 5.95 Å². The second-order valence-electron chi connectivity index (χ2n) is 2.31. The molecule has 6 heteroatoms. The van der Waals surface area contributed by atoms with Gasteiger partial charge < -0.3 is 4.98 Å². The number of hydrogen-bond acceptors (Lipinski definition) is 1. The van der Waals surface area contributed by atoms with E-state index in [9.17, 15) is 18.0 Å². The van der Waals surface area contributed by atoms with Crippen molar-refractivity contribution in [3.8, 4) is 0 Å². The minimum Gasteiger partial charge on any atom is -0.330 e. The van der Waals surface area contributed by atoms with Crippen LogP contribution in [0.25, 0.3) is 0 Å². The summed E-state index contributed by atoms with van der Waals surface area (Å²) in [6.45, 7) is 0. The topological polar surface area (TPSA) is 32.9 Å². The molecule has 0 aliphatic heterocycles. The molecule has 0 aromatic carbocycles. The molecule has 0 amide bonds. The molecule has 0 bridgehead atoms. The van der Waals surface area contributed by atoms with Gasteiger partial charge >= 0.3 is 0 Å². The van der Waals surface area contributed by atoms with Crippen LogP contribution in [0.4, 0.5) is 13.2 Å². The van der Waals surface area contributed by atoms with Gasteiger partial charge in [0.05, 0.1) is 11.6 Å². The number of halogens is 4. The zero-order valence-electron chi connectivity index (χ0n) is 6.28. The highest BCUT2D eigenvalue weighted by molar-refractivity contribution is 6.17. The van der Waals surface area contributed by atoms with Gasteiger partial charge in [0.1, 0.15) is 0 Å². The van der Waals surface area contributed by atoms with Gasteiger partial charge in [0.25, 0.3) is 6.43 Å². The van der Waals surface area contributed by atoms with Gasteiger partial charge in [-0.1, -0.05) is 0 Å². The summed E-state index contributed by atoms with van der Waals surface area (Å²) >= 11 is 5.26. The van der Waals surface area contributed by atoms with Crippen LogP contribution in [-0.4, -0.2) is 4.98 Å². The Hall–Kier alpha value is -0.970. The van der Waals surface area contributed by atoms with E-state index in [1.165, 1.54) is 0 Å². The van der Waals surface area contributed by atoms with Crippen LogP contribution in [0.15, 0.2) is 10.9 Å². The summed E-state index contributed by atoms with van der Waals surface area (Å²) in [7, 11) is 0. The molecule has 1 aromatic rings. The Morgan fingerprint density at radius 3 is 2.62 bits per heavy atom. The number of aromatic amines is 1. The first-order chi connectivity index (χ1) is 6.06. The second kappa shape index (κ2) is 3.83. The fraction of sp³-hybridized carbons (Fsp3) is 0.286. The summed E-state index contributed by atoms with van der Waals surface area (Å²) < 4.78 is 36.8. The van der Waals surface area contributed by atoms with E-state index >= 15 is 0 Å². The van der Waals surface area contributed by atoms with Crippen molar-refractivity contribution in [3.05, 3.63) is 33.5 Å². The standard InChI is InChI=1S/C7H5ClF3NO/c8-2-3-4(13)1-5(9)12-6(3)7(10)11/h1,7H,2H2,(H,12,13). The van der Waals surface area contributed by atoms with Gasteiger partial charge in [0, 0.05) is 11.6 Å². The molecule has 1 N–H and O–H groups in total. The van der Waals surface area contributed by atoms with E-state index in [0.717, 1.165) is 0 Å². The van der Waals surface area contributed by atoms with Crippen molar-refractivity contribution in [2.24, 2.45) is 0 Å². The third-order valence-electron chi connectivity index (χ3n) is 1.49. The molecule has 2 nitrogen and oxygen atoms in total. The molecular formula is C7H5ClF3NO. The predicted octanol–water partition coefficient (Wildman–Crippen LogP) is 2.19. The zero-order valence-corrected chi connectivity index (χ0v) is 7.04. The number of aromatic nitrogens is 1. The fourth-order valence-electron chi connectivity index (χ4n) is 0.899. The highest BCUT2D eigenvalue weighted by atomic mass is 35.5. The molecule has 1 heterocycles. The average molecular weight is 212 g/mol.